The summed E-state index contributed by atoms with van der Waals surface area (Å²) in [6, 6.07) is 12.9. The fourth-order valence-electron chi connectivity index (χ4n) is 2.97. The van der Waals surface area contributed by atoms with Crippen molar-refractivity contribution in [2.75, 3.05) is 23.7 Å². The molecule has 28 heavy (non-hydrogen) atoms. The van der Waals surface area contributed by atoms with Crippen molar-refractivity contribution < 1.29 is 9.21 Å². The van der Waals surface area contributed by atoms with E-state index in [0.717, 1.165) is 10.9 Å². The Hall–Kier alpha value is -3.81. The lowest BCUT2D eigenvalue weighted by Crippen LogP contribution is -2.39. The van der Waals surface area contributed by atoms with Crippen LogP contribution in [-0.2, 0) is 6.54 Å². The number of aromatic amines is 1. The summed E-state index contributed by atoms with van der Waals surface area (Å²) in [4.78, 5) is 38.8. The number of para-hydroxylation sites is 1. The molecule has 0 radical (unpaired) electrons. The van der Waals surface area contributed by atoms with Crippen LogP contribution in [0, 0.1) is 0 Å². The number of hydrogen-bond donors (Lipinski definition) is 4. The van der Waals surface area contributed by atoms with Crippen molar-refractivity contribution in [3.05, 3.63) is 80.6 Å². The molecule has 0 aliphatic rings. The smallest absolute Gasteiger partial charge is 0.267 e. The molecular formula is C20H18N4O4. The highest BCUT2D eigenvalue weighted by molar-refractivity contribution is 5.98. The molecule has 1 amide bonds. The lowest BCUT2D eigenvalue weighted by atomic mass is 10.2. The van der Waals surface area contributed by atoms with Crippen molar-refractivity contribution in [1.82, 2.24) is 10.3 Å². The molecule has 0 aliphatic carbocycles. The minimum absolute atomic E-state index is 0.233. The lowest BCUT2D eigenvalue weighted by Gasteiger charge is -2.14. The highest BCUT2D eigenvalue weighted by Gasteiger charge is 2.20. The minimum atomic E-state index is -0.566. The van der Waals surface area contributed by atoms with Gasteiger partial charge in [-0.25, -0.2) is 0 Å². The van der Waals surface area contributed by atoms with Gasteiger partial charge in [-0.1, -0.05) is 18.2 Å². The molecule has 0 atom stereocenters. The van der Waals surface area contributed by atoms with E-state index >= 15 is 0 Å². The maximum Gasteiger partial charge on any atom is 0.267 e. The number of hydrogen-bond acceptors (Lipinski definition) is 6. The number of carbonyl (C=O) groups is 1. The van der Waals surface area contributed by atoms with E-state index in [-0.39, 0.29) is 17.3 Å². The topological polar surface area (TPSA) is 116 Å². The third-order valence-electron chi connectivity index (χ3n) is 4.42. The molecule has 0 aliphatic heterocycles. The zero-order chi connectivity index (χ0) is 19.5. The number of anilines is 2. The van der Waals surface area contributed by atoms with Crippen LogP contribution < -0.4 is 26.8 Å². The van der Waals surface area contributed by atoms with Gasteiger partial charge in [-0.05, 0) is 24.3 Å². The zero-order valence-corrected chi connectivity index (χ0v) is 14.9. The van der Waals surface area contributed by atoms with Crippen molar-refractivity contribution in [3.63, 3.8) is 0 Å². The second-order valence-corrected chi connectivity index (χ2v) is 6.29. The van der Waals surface area contributed by atoms with Crippen molar-refractivity contribution in [1.29, 1.82) is 0 Å². The number of furan rings is 1. The van der Waals surface area contributed by atoms with E-state index in [1.807, 2.05) is 24.3 Å². The molecule has 142 valence electrons. The Morgan fingerprint density at radius 3 is 2.50 bits per heavy atom. The van der Waals surface area contributed by atoms with Gasteiger partial charge in [0.2, 0.25) is 0 Å². The molecule has 0 spiro atoms. The number of nitrogens with one attached hydrogen (secondary N) is 4. The monoisotopic (exact) mass is 378 g/mol. The van der Waals surface area contributed by atoms with Gasteiger partial charge in [0.05, 0.1) is 12.8 Å². The molecular weight excluding hydrogens is 360 g/mol. The first-order valence-electron chi connectivity index (χ1n) is 8.83. The van der Waals surface area contributed by atoms with E-state index in [9.17, 15) is 14.4 Å². The predicted molar refractivity (Wildman–Crippen MR) is 107 cm³/mol. The molecule has 2 aromatic heterocycles. The Morgan fingerprint density at radius 1 is 0.964 bits per heavy atom. The number of benzene rings is 1. The van der Waals surface area contributed by atoms with Crippen LogP contribution in [0.3, 0.4) is 0 Å². The van der Waals surface area contributed by atoms with Crippen molar-refractivity contribution in [3.8, 4) is 0 Å². The zero-order valence-electron chi connectivity index (χ0n) is 14.9. The summed E-state index contributed by atoms with van der Waals surface area (Å²) in [7, 11) is 0. The van der Waals surface area contributed by atoms with E-state index in [1.54, 1.807) is 18.2 Å². The largest absolute Gasteiger partial charge is 0.467 e. The number of carbonyl (C=O) groups excluding carboxylic acids is 1. The first-order chi connectivity index (χ1) is 13.6. The Balaban J connectivity index is 1.29. The van der Waals surface area contributed by atoms with Gasteiger partial charge < -0.3 is 25.4 Å². The number of aromatic nitrogens is 1. The van der Waals surface area contributed by atoms with Crippen molar-refractivity contribution >= 4 is 28.2 Å². The number of amides is 1. The summed E-state index contributed by atoms with van der Waals surface area (Å²) in [5.74, 6) is 0.420. The van der Waals surface area contributed by atoms with Gasteiger partial charge in [-0.15, -0.1) is 0 Å². The summed E-state index contributed by atoms with van der Waals surface area (Å²) in [5, 5.41) is 9.54. The second-order valence-electron chi connectivity index (χ2n) is 6.29. The summed E-state index contributed by atoms with van der Waals surface area (Å²) >= 11 is 0. The van der Waals surface area contributed by atoms with E-state index in [0.29, 0.717) is 31.1 Å². The fraction of sp³-hybridized carbons (Fsp3) is 0.150. The van der Waals surface area contributed by atoms with E-state index in [4.69, 9.17) is 4.42 Å². The van der Waals surface area contributed by atoms with Gasteiger partial charge in [-0.2, -0.15) is 0 Å². The third-order valence-corrected chi connectivity index (χ3v) is 4.42. The van der Waals surface area contributed by atoms with Crippen LogP contribution in [0.5, 0.6) is 0 Å². The highest BCUT2D eigenvalue weighted by Crippen LogP contribution is 2.16. The first kappa shape index (κ1) is 17.6. The highest BCUT2D eigenvalue weighted by atomic mass is 16.3. The van der Waals surface area contributed by atoms with Crippen molar-refractivity contribution in [2.45, 2.75) is 6.54 Å². The molecule has 4 aromatic rings. The van der Waals surface area contributed by atoms with Crippen LogP contribution in [0.15, 0.2) is 62.7 Å². The number of fused-ring (bicyclic) bond motifs is 1. The van der Waals surface area contributed by atoms with Gasteiger partial charge in [0.15, 0.2) is 0 Å². The van der Waals surface area contributed by atoms with Crippen LogP contribution in [-0.4, -0.2) is 24.0 Å². The van der Waals surface area contributed by atoms with Crippen molar-refractivity contribution in [2.24, 2.45) is 0 Å². The van der Waals surface area contributed by atoms with Crippen LogP contribution in [0.25, 0.3) is 10.9 Å². The molecule has 2 aromatic carbocycles. The molecule has 0 saturated heterocycles. The van der Waals surface area contributed by atoms with E-state index in [1.165, 1.54) is 6.26 Å². The maximum absolute atomic E-state index is 12.2. The van der Waals surface area contributed by atoms with Crippen LogP contribution in [0.2, 0.25) is 0 Å². The fourth-order valence-corrected chi connectivity index (χ4v) is 2.97. The predicted octanol–water partition coefficient (Wildman–Crippen LogP) is 1.81. The number of H-pyrrole nitrogens is 1. The van der Waals surface area contributed by atoms with E-state index < -0.39 is 10.9 Å². The Labute approximate surface area is 159 Å². The first-order valence-corrected chi connectivity index (χ1v) is 8.83. The molecule has 0 unspecified atom stereocenters. The molecule has 4 N–H and O–H groups in total. The van der Waals surface area contributed by atoms with E-state index in [2.05, 4.69) is 20.9 Å². The third kappa shape index (κ3) is 3.39. The van der Waals surface area contributed by atoms with Gasteiger partial charge in [0.25, 0.3) is 16.8 Å². The van der Waals surface area contributed by atoms with Gasteiger partial charge >= 0.3 is 0 Å². The average molecular weight is 378 g/mol. The second kappa shape index (κ2) is 7.43. The summed E-state index contributed by atoms with van der Waals surface area (Å²) in [6.07, 6.45) is 1.54. The minimum Gasteiger partial charge on any atom is -0.467 e. The molecule has 0 fully saturated rings. The maximum atomic E-state index is 12.2. The summed E-state index contributed by atoms with van der Waals surface area (Å²) < 4.78 is 5.19. The average Bonchev–Trinajstić information content (AvgIpc) is 3.38. The molecule has 4 rings (SSSR count). The molecule has 8 nitrogen and oxygen atoms in total. The summed E-state index contributed by atoms with van der Waals surface area (Å²) in [6.45, 7) is 0.917. The molecule has 8 heteroatoms. The normalized spacial score (nSPS) is 11.0. The van der Waals surface area contributed by atoms with Gasteiger partial charge in [-0.3, -0.25) is 14.4 Å². The molecule has 0 saturated carbocycles. The lowest BCUT2D eigenvalue weighted by molar-refractivity contribution is 0.0951. The molecule has 2 heterocycles. The SMILES string of the molecule is O=C(NCCNc1c(NCc2ccco2)c(=O)c1=O)c1cc2ccccc2[nH]1. The Bertz CT molecular complexity index is 1150. The standard InChI is InChI=1S/C20H18N4O4/c25-18-16(17(19(18)26)23-11-13-5-3-9-28-13)21-7-8-22-20(27)15-10-12-4-1-2-6-14(12)24-15/h1-6,9-10,21,23-24H,7-8,11H2,(H,22,27). The Kier molecular flexibility index (Phi) is 4.67. The quantitative estimate of drug-likeness (QED) is 0.274. The Morgan fingerprint density at radius 2 is 1.75 bits per heavy atom. The van der Waals surface area contributed by atoms with Gasteiger partial charge in [0, 0.05) is 24.0 Å². The number of rotatable bonds is 8. The summed E-state index contributed by atoms with van der Waals surface area (Å²) in [5.41, 5.74) is 0.706. The van der Waals surface area contributed by atoms with Crippen LogP contribution in [0.4, 0.5) is 11.4 Å². The van der Waals surface area contributed by atoms with Gasteiger partial charge in [0.1, 0.15) is 22.8 Å². The van der Waals surface area contributed by atoms with Crippen LogP contribution >= 0.6 is 0 Å². The van der Waals surface area contributed by atoms with Crippen LogP contribution in [0.1, 0.15) is 16.2 Å². The molecule has 0 bridgehead atoms.